The van der Waals surface area contributed by atoms with Gasteiger partial charge in [-0.15, -0.1) is 0 Å². The van der Waals surface area contributed by atoms with Gasteiger partial charge in [0.2, 0.25) is 0 Å². The number of ether oxygens (including phenoxy) is 3. The first-order valence-electron chi connectivity index (χ1n) is 10.3. The molecule has 2 saturated heterocycles. The van der Waals surface area contributed by atoms with Crippen LogP contribution in [0.25, 0.3) is 0 Å². The Morgan fingerprint density at radius 1 is 1.07 bits per heavy atom. The Bertz CT molecular complexity index is 829. The predicted molar refractivity (Wildman–Crippen MR) is 110 cm³/mol. The van der Waals surface area contributed by atoms with E-state index < -0.39 is 0 Å². The molecule has 2 heterocycles. The Morgan fingerprint density at radius 3 is 2.62 bits per heavy atom. The molecule has 0 aliphatic carbocycles. The maximum Gasteiger partial charge on any atom is 0.254 e. The van der Waals surface area contributed by atoms with Gasteiger partial charge in [0.25, 0.3) is 5.91 Å². The lowest BCUT2D eigenvalue weighted by molar-refractivity contribution is 0.0143. The minimum Gasteiger partial charge on any atom is -0.494 e. The van der Waals surface area contributed by atoms with Crippen molar-refractivity contribution in [2.24, 2.45) is 0 Å². The van der Waals surface area contributed by atoms with E-state index in [-0.39, 0.29) is 12.0 Å². The Balaban J connectivity index is 1.28. The Labute approximate surface area is 172 Å². The molecule has 154 valence electrons. The number of likely N-dealkylation sites (tertiary alicyclic amines) is 1. The van der Waals surface area contributed by atoms with Gasteiger partial charge in [0.15, 0.2) is 0 Å². The number of hydrogen-bond donors (Lipinski definition) is 0. The van der Waals surface area contributed by atoms with Crippen LogP contribution in [0.1, 0.15) is 22.8 Å². The third-order valence-corrected chi connectivity index (χ3v) is 5.22. The number of benzene rings is 2. The van der Waals surface area contributed by atoms with Crippen LogP contribution in [0.3, 0.4) is 0 Å². The molecule has 6 nitrogen and oxygen atoms in total. The lowest BCUT2D eigenvalue weighted by Crippen LogP contribution is -2.53. The second-order valence-electron chi connectivity index (χ2n) is 7.45. The molecule has 0 atom stereocenters. The highest BCUT2D eigenvalue weighted by molar-refractivity contribution is 5.94. The molecule has 2 fully saturated rings. The zero-order valence-corrected chi connectivity index (χ0v) is 16.9. The molecule has 0 radical (unpaired) electrons. The minimum absolute atomic E-state index is 0.0446. The van der Waals surface area contributed by atoms with Crippen molar-refractivity contribution >= 4 is 5.91 Å². The van der Waals surface area contributed by atoms with Crippen molar-refractivity contribution in [2.45, 2.75) is 19.6 Å². The Morgan fingerprint density at radius 2 is 1.83 bits per heavy atom. The van der Waals surface area contributed by atoms with Crippen LogP contribution in [0.4, 0.5) is 0 Å². The average molecular weight is 396 g/mol. The SMILES string of the molecule is CCOc1cccc(CN2CC(Oc3cccc(C(=O)N4CCOCC4)c3)C2)c1. The van der Waals surface area contributed by atoms with Crippen molar-refractivity contribution < 1.29 is 19.0 Å². The predicted octanol–water partition coefficient (Wildman–Crippen LogP) is 2.82. The summed E-state index contributed by atoms with van der Waals surface area (Å²) < 4.78 is 17.0. The van der Waals surface area contributed by atoms with E-state index in [1.54, 1.807) is 0 Å². The molecule has 29 heavy (non-hydrogen) atoms. The highest BCUT2D eigenvalue weighted by Crippen LogP contribution is 2.23. The van der Waals surface area contributed by atoms with Gasteiger partial charge in [-0.3, -0.25) is 9.69 Å². The first-order chi connectivity index (χ1) is 14.2. The Hall–Kier alpha value is -2.57. The molecule has 2 aromatic rings. The lowest BCUT2D eigenvalue weighted by Gasteiger charge is -2.39. The zero-order chi connectivity index (χ0) is 20.1. The van der Waals surface area contributed by atoms with Crippen molar-refractivity contribution in [3.8, 4) is 11.5 Å². The highest BCUT2D eigenvalue weighted by atomic mass is 16.5. The van der Waals surface area contributed by atoms with Gasteiger partial charge in [0.05, 0.1) is 19.8 Å². The molecular weight excluding hydrogens is 368 g/mol. The van der Waals surface area contributed by atoms with Crippen LogP contribution in [-0.2, 0) is 11.3 Å². The third kappa shape index (κ3) is 5.08. The van der Waals surface area contributed by atoms with E-state index in [2.05, 4.69) is 17.0 Å². The number of carbonyl (C=O) groups is 1. The summed E-state index contributed by atoms with van der Waals surface area (Å²) in [7, 11) is 0. The minimum atomic E-state index is 0.0446. The molecule has 0 unspecified atom stereocenters. The molecule has 0 N–H and O–H groups in total. The van der Waals surface area contributed by atoms with Crippen molar-refractivity contribution in [1.82, 2.24) is 9.80 Å². The average Bonchev–Trinajstić information content (AvgIpc) is 2.73. The second-order valence-corrected chi connectivity index (χ2v) is 7.45. The van der Waals surface area contributed by atoms with Crippen LogP contribution in [0, 0.1) is 0 Å². The number of amides is 1. The van der Waals surface area contributed by atoms with Crippen molar-refractivity contribution in [3.05, 3.63) is 59.7 Å². The summed E-state index contributed by atoms with van der Waals surface area (Å²) >= 11 is 0. The molecule has 2 aliphatic heterocycles. The van der Waals surface area contributed by atoms with Crippen LogP contribution in [0.15, 0.2) is 48.5 Å². The number of hydrogen-bond acceptors (Lipinski definition) is 5. The summed E-state index contributed by atoms with van der Waals surface area (Å²) in [5, 5.41) is 0. The molecule has 6 heteroatoms. The topological polar surface area (TPSA) is 51.2 Å². The molecule has 2 aromatic carbocycles. The first-order valence-corrected chi connectivity index (χ1v) is 10.3. The van der Waals surface area contributed by atoms with Crippen LogP contribution < -0.4 is 9.47 Å². The molecule has 4 rings (SSSR count). The smallest absolute Gasteiger partial charge is 0.254 e. The van der Waals surface area contributed by atoms with Gasteiger partial charge in [-0.1, -0.05) is 18.2 Å². The maximum atomic E-state index is 12.6. The van der Waals surface area contributed by atoms with Gasteiger partial charge in [-0.2, -0.15) is 0 Å². The van der Waals surface area contributed by atoms with Crippen LogP contribution >= 0.6 is 0 Å². The van der Waals surface area contributed by atoms with E-state index in [0.29, 0.717) is 38.5 Å². The van der Waals surface area contributed by atoms with E-state index >= 15 is 0 Å². The Kier molecular flexibility index (Phi) is 6.32. The number of nitrogens with zero attached hydrogens (tertiary/aromatic N) is 2. The fraction of sp³-hybridized carbons (Fsp3) is 0.435. The van der Waals surface area contributed by atoms with Crippen LogP contribution in [0.5, 0.6) is 11.5 Å². The molecule has 0 aromatic heterocycles. The normalized spacial score (nSPS) is 17.6. The summed E-state index contributed by atoms with van der Waals surface area (Å²) in [4.78, 5) is 16.8. The summed E-state index contributed by atoms with van der Waals surface area (Å²) in [6, 6.07) is 15.7. The second kappa shape index (κ2) is 9.29. The molecule has 0 spiro atoms. The zero-order valence-electron chi connectivity index (χ0n) is 16.9. The van der Waals surface area contributed by atoms with Gasteiger partial charge in [0, 0.05) is 38.3 Å². The largest absolute Gasteiger partial charge is 0.494 e. The number of rotatable bonds is 7. The molecule has 2 aliphatic rings. The fourth-order valence-corrected chi connectivity index (χ4v) is 3.73. The van der Waals surface area contributed by atoms with Crippen molar-refractivity contribution in [3.63, 3.8) is 0 Å². The van der Waals surface area contributed by atoms with Gasteiger partial charge in [-0.25, -0.2) is 0 Å². The summed E-state index contributed by atoms with van der Waals surface area (Å²) in [5.74, 6) is 1.72. The van der Waals surface area contributed by atoms with Crippen molar-refractivity contribution in [1.29, 1.82) is 0 Å². The molecule has 1 amide bonds. The van der Waals surface area contributed by atoms with E-state index in [4.69, 9.17) is 14.2 Å². The van der Waals surface area contributed by atoms with Gasteiger partial charge < -0.3 is 19.1 Å². The standard InChI is InChI=1S/C23H28N2O4/c1-2-28-20-7-3-5-18(13-20)15-24-16-22(17-24)29-21-8-4-6-19(14-21)23(26)25-9-11-27-12-10-25/h3-8,13-14,22H,2,9-12,15-17H2,1H3. The number of carbonyl (C=O) groups excluding carboxylic acids is 1. The summed E-state index contributed by atoms with van der Waals surface area (Å²) in [6.45, 7) is 7.81. The lowest BCUT2D eigenvalue weighted by atomic mass is 10.1. The molecule has 0 bridgehead atoms. The van der Waals surface area contributed by atoms with Crippen LogP contribution in [0.2, 0.25) is 0 Å². The maximum absolute atomic E-state index is 12.6. The van der Waals surface area contributed by atoms with Gasteiger partial charge in [0.1, 0.15) is 17.6 Å². The van der Waals surface area contributed by atoms with E-state index in [0.717, 1.165) is 31.1 Å². The van der Waals surface area contributed by atoms with Crippen molar-refractivity contribution in [2.75, 3.05) is 46.0 Å². The fourth-order valence-electron chi connectivity index (χ4n) is 3.73. The van der Waals surface area contributed by atoms with Crippen LogP contribution in [-0.4, -0.2) is 67.8 Å². The van der Waals surface area contributed by atoms with E-state index in [1.807, 2.05) is 48.2 Å². The quantitative estimate of drug-likeness (QED) is 0.720. The van der Waals surface area contributed by atoms with E-state index in [1.165, 1.54) is 5.56 Å². The number of morpholine rings is 1. The van der Waals surface area contributed by atoms with Gasteiger partial charge in [-0.05, 0) is 42.8 Å². The third-order valence-electron chi connectivity index (χ3n) is 5.22. The highest BCUT2D eigenvalue weighted by Gasteiger charge is 2.28. The molecule has 0 saturated carbocycles. The first kappa shape index (κ1) is 19.7. The monoisotopic (exact) mass is 396 g/mol. The summed E-state index contributed by atoms with van der Waals surface area (Å²) in [6.07, 6.45) is 0.152. The summed E-state index contributed by atoms with van der Waals surface area (Å²) in [5.41, 5.74) is 1.92. The van der Waals surface area contributed by atoms with E-state index in [9.17, 15) is 4.79 Å². The molecular formula is C23H28N2O4. The van der Waals surface area contributed by atoms with Gasteiger partial charge >= 0.3 is 0 Å².